The first-order chi connectivity index (χ1) is 8.83. The van der Waals surface area contributed by atoms with Crippen molar-refractivity contribution in [2.75, 3.05) is 0 Å². The van der Waals surface area contributed by atoms with Crippen LogP contribution in [0.4, 0.5) is 0 Å². The van der Waals surface area contributed by atoms with Crippen molar-refractivity contribution in [1.29, 1.82) is 0 Å². The number of hydrogen-bond acceptors (Lipinski definition) is 2. The van der Waals surface area contributed by atoms with Crippen LogP contribution in [0.25, 0.3) is 0 Å². The zero-order chi connectivity index (χ0) is 12.4. The Morgan fingerprint density at radius 1 is 1.00 bits per heavy atom. The van der Waals surface area contributed by atoms with Crippen LogP contribution in [0.5, 0.6) is 0 Å². The van der Waals surface area contributed by atoms with Crippen LogP contribution in [0.3, 0.4) is 0 Å². The molecule has 3 rings (SSSR count). The first kappa shape index (κ1) is 11.3. The van der Waals surface area contributed by atoms with E-state index in [2.05, 4.69) is 12.1 Å². The van der Waals surface area contributed by atoms with Crippen molar-refractivity contribution in [3.8, 4) is 0 Å². The summed E-state index contributed by atoms with van der Waals surface area (Å²) in [5.41, 5.74) is 3.41. The Morgan fingerprint density at radius 3 is 2.61 bits per heavy atom. The second-order valence-corrected chi connectivity index (χ2v) is 4.83. The molecule has 0 amide bonds. The minimum absolute atomic E-state index is 0.283. The van der Waals surface area contributed by atoms with Crippen LogP contribution < -0.4 is 0 Å². The van der Waals surface area contributed by atoms with E-state index in [-0.39, 0.29) is 5.78 Å². The number of benzene rings is 1. The van der Waals surface area contributed by atoms with Gasteiger partial charge < -0.3 is 4.74 Å². The SMILES string of the molecule is O=C1CCC2=C1C=C(OCc1ccccc1)CC2. The lowest BCUT2D eigenvalue weighted by atomic mass is 9.99. The van der Waals surface area contributed by atoms with E-state index in [4.69, 9.17) is 4.74 Å². The largest absolute Gasteiger partial charge is 0.493 e. The molecule has 0 atom stereocenters. The summed E-state index contributed by atoms with van der Waals surface area (Å²) in [4.78, 5) is 11.7. The van der Waals surface area contributed by atoms with E-state index in [1.807, 2.05) is 24.3 Å². The first-order valence-corrected chi connectivity index (χ1v) is 6.45. The molecule has 2 aliphatic carbocycles. The van der Waals surface area contributed by atoms with Gasteiger partial charge in [-0.15, -0.1) is 0 Å². The maximum Gasteiger partial charge on any atom is 0.163 e. The molecule has 0 saturated heterocycles. The van der Waals surface area contributed by atoms with Gasteiger partial charge in [-0.05, 0) is 24.5 Å². The van der Waals surface area contributed by atoms with Crippen LogP contribution in [0.2, 0.25) is 0 Å². The number of hydrogen-bond donors (Lipinski definition) is 0. The number of rotatable bonds is 3. The summed E-state index contributed by atoms with van der Waals surface area (Å²) in [6.45, 7) is 0.587. The molecule has 0 saturated carbocycles. The van der Waals surface area contributed by atoms with Crippen molar-refractivity contribution in [3.63, 3.8) is 0 Å². The van der Waals surface area contributed by atoms with Gasteiger partial charge in [-0.2, -0.15) is 0 Å². The normalized spacial score (nSPS) is 18.7. The topological polar surface area (TPSA) is 26.3 Å². The van der Waals surface area contributed by atoms with Crippen molar-refractivity contribution >= 4 is 5.78 Å². The molecule has 0 aromatic heterocycles. The Morgan fingerprint density at radius 2 is 1.78 bits per heavy atom. The molecule has 0 N–H and O–H groups in total. The van der Waals surface area contributed by atoms with E-state index < -0.39 is 0 Å². The highest BCUT2D eigenvalue weighted by Crippen LogP contribution is 2.34. The lowest BCUT2D eigenvalue weighted by Gasteiger charge is -2.16. The summed E-state index contributed by atoms with van der Waals surface area (Å²) >= 11 is 0. The number of carbonyl (C=O) groups excluding carboxylic acids is 1. The minimum atomic E-state index is 0.283. The molecule has 92 valence electrons. The standard InChI is InChI=1S/C16H16O2/c17-16-9-7-13-6-8-14(10-15(13)16)18-11-12-4-2-1-3-5-12/h1-5,10H,6-9,11H2. The Balaban J connectivity index is 1.68. The quantitative estimate of drug-likeness (QED) is 0.807. The molecule has 0 unspecified atom stereocenters. The van der Waals surface area contributed by atoms with Crippen molar-refractivity contribution in [2.24, 2.45) is 0 Å². The summed E-state index contributed by atoms with van der Waals surface area (Å²) in [7, 11) is 0. The van der Waals surface area contributed by atoms with E-state index in [9.17, 15) is 4.79 Å². The molecule has 2 heteroatoms. The van der Waals surface area contributed by atoms with Crippen molar-refractivity contribution in [1.82, 2.24) is 0 Å². The van der Waals surface area contributed by atoms with Gasteiger partial charge in [0.05, 0.1) is 5.76 Å². The highest BCUT2D eigenvalue weighted by Gasteiger charge is 2.25. The Kier molecular flexibility index (Phi) is 3.01. The Hall–Kier alpha value is -1.83. The lowest BCUT2D eigenvalue weighted by molar-refractivity contribution is -0.114. The van der Waals surface area contributed by atoms with Gasteiger partial charge in [0.1, 0.15) is 6.61 Å². The Bertz CT molecular complexity index is 523. The van der Waals surface area contributed by atoms with Gasteiger partial charge >= 0.3 is 0 Å². The van der Waals surface area contributed by atoms with Gasteiger partial charge in [0, 0.05) is 18.4 Å². The predicted octanol–water partition coefficient (Wildman–Crippen LogP) is 3.54. The average Bonchev–Trinajstić information content (AvgIpc) is 2.79. The van der Waals surface area contributed by atoms with Crippen molar-refractivity contribution in [3.05, 3.63) is 58.9 Å². The van der Waals surface area contributed by atoms with E-state index in [1.165, 1.54) is 5.57 Å². The molecular formula is C16H16O2. The fourth-order valence-corrected chi connectivity index (χ4v) is 2.54. The molecule has 0 fully saturated rings. The molecule has 0 radical (unpaired) electrons. The third kappa shape index (κ3) is 2.23. The fourth-order valence-electron chi connectivity index (χ4n) is 2.54. The summed E-state index contributed by atoms with van der Waals surface area (Å²) in [5, 5.41) is 0. The van der Waals surface area contributed by atoms with Gasteiger partial charge in [0.25, 0.3) is 0 Å². The van der Waals surface area contributed by atoms with Gasteiger partial charge in [-0.25, -0.2) is 0 Å². The van der Waals surface area contributed by atoms with E-state index in [0.29, 0.717) is 13.0 Å². The highest BCUT2D eigenvalue weighted by atomic mass is 16.5. The average molecular weight is 240 g/mol. The zero-order valence-electron chi connectivity index (χ0n) is 10.3. The molecule has 18 heavy (non-hydrogen) atoms. The molecule has 0 bridgehead atoms. The summed E-state index contributed by atoms with van der Waals surface area (Å²) in [6, 6.07) is 10.1. The fraction of sp³-hybridized carbons (Fsp3) is 0.312. The minimum Gasteiger partial charge on any atom is -0.493 e. The Labute approximate surface area is 107 Å². The van der Waals surface area contributed by atoms with Crippen molar-refractivity contribution in [2.45, 2.75) is 32.3 Å². The second-order valence-electron chi connectivity index (χ2n) is 4.83. The van der Waals surface area contributed by atoms with Crippen LogP contribution in [0.15, 0.2) is 53.3 Å². The molecule has 2 aliphatic rings. The molecule has 0 heterocycles. The van der Waals surface area contributed by atoms with Crippen LogP contribution in [-0.2, 0) is 16.1 Å². The number of carbonyl (C=O) groups is 1. The lowest BCUT2D eigenvalue weighted by Crippen LogP contribution is -2.03. The van der Waals surface area contributed by atoms with E-state index >= 15 is 0 Å². The third-order valence-corrected chi connectivity index (χ3v) is 3.58. The molecule has 1 aromatic carbocycles. The summed E-state index contributed by atoms with van der Waals surface area (Å²) in [6.07, 6.45) is 5.52. The molecule has 0 aliphatic heterocycles. The van der Waals surface area contributed by atoms with Crippen LogP contribution in [-0.4, -0.2) is 5.78 Å². The molecule has 1 aromatic rings. The summed E-state index contributed by atoms with van der Waals surface area (Å²) < 4.78 is 5.80. The number of ether oxygens (including phenoxy) is 1. The maximum atomic E-state index is 11.7. The molecular weight excluding hydrogens is 224 g/mol. The van der Waals surface area contributed by atoms with Crippen LogP contribution in [0.1, 0.15) is 31.2 Å². The van der Waals surface area contributed by atoms with Crippen LogP contribution in [0, 0.1) is 0 Å². The van der Waals surface area contributed by atoms with E-state index in [0.717, 1.165) is 36.2 Å². The van der Waals surface area contributed by atoms with Crippen molar-refractivity contribution < 1.29 is 9.53 Å². The number of Topliss-reactive ketones (excluding diaryl/α,β-unsaturated/α-hetero) is 1. The molecule has 2 nitrogen and oxygen atoms in total. The smallest absolute Gasteiger partial charge is 0.163 e. The van der Waals surface area contributed by atoms with E-state index in [1.54, 1.807) is 0 Å². The number of ketones is 1. The van der Waals surface area contributed by atoms with Gasteiger partial charge in [-0.3, -0.25) is 4.79 Å². The zero-order valence-corrected chi connectivity index (χ0v) is 10.3. The predicted molar refractivity (Wildman–Crippen MR) is 69.8 cm³/mol. The van der Waals surface area contributed by atoms with Gasteiger partial charge in [0.2, 0.25) is 0 Å². The molecule has 0 spiro atoms. The van der Waals surface area contributed by atoms with Gasteiger partial charge in [-0.1, -0.05) is 35.9 Å². The third-order valence-electron chi connectivity index (χ3n) is 3.58. The number of allylic oxidation sites excluding steroid dienone is 4. The highest BCUT2D eigenvalue weighted by molar-refractivity contribution is 6.01. The van der Waals surface area contributed by atoms with Crippen LogP contribution >= 0.6 is 0 Å². The second kappa shape index (κ2) is 4.81. The monoisotopic (exact) mass is 240 g/mol. The first-order valence-electron chi connectivity index (χ1n) is 6.45. The summed E-state index contributed by atoms with van der Waals surface area (Å²) in [5.74, 6) is 1.23. The van der Waals surface area contributed by atoms with Gasteiger partial charge in [0.15, 0.2) is 5.78 Å². The maximum absolute atomic E-state index is 11.7.